The first-order valence-corrected chi connectivity index (χ1v) is 6.45. The van der Waals surface area contributed by atoms with Gasteiger partial charge in [-0.25, -0.2) is 0 Å². The van der Waals surface area contributed by atoms with Gasteiger partial charge in [-0.05, 0) is 38.0 Å². The lowest BCUT2D eigenvalue weighted by molar-refractivity contribution is 0.101. The molecule has 0 amide bonds. The fraction of sp³-hybridized carbons (Fsp3) is 0.462. The maximum absolute atomic E-state index is 11.3. The van der Waals surface area contributed by atoms with Crippen molar-refractivity contribution in [3.05, 3.63) is 23.8 Å². The van der Waals surface area contributed by atoms with Gasteiger partial charge >= 0.3 is 0 Å². The van der Waals surface area contributed by atoms with E-state index in [2.05, 4.69) is 13.8 Å². The van der Waals surface area contributed by atoms with Gasteiger partial charge in [0.25, 0.3) is 0 Å². The molecule has 1 aliphatic rings. The molecule has 3 heteroatoms. The standard InChI is InChI=1S/C13H16O2S/c1-4-13(5-2)15-11-7-6-10(9(3)14)8-12(11)16-13/h6-8H,4-5H2,1-3H3. The lowest BCUT2D eigenvalue weighted by Crippen LogP contribution is -2.26. The summed E-state index contributed by atoms with van der Waals surface area (Å²) in [6, 6.07) is 5.69. The number of carbonyl (C=O) groups excluding carboxylic acids is 1. The van der Waals surface area contributed by atoms with Crippen molar-refractivity contribution in [3.63, 3.8) is 0 Å². The van der Waals surface area contributed by atoms with E-state index in [1.165, 1.54) is 0 Å². The number of hydrogen-bond acceptors (Lipinski definition) is 3. The molecule has 1 aromatic carbocycles. The molecule has 0 atom stereocenters. The molecule has 2 nitrogen and oxygen atoms in total. The molecule has 0 saturated heterocycles. The molecule has 0 spiro atoms. The summed E-state index contributed by atoms with van der Waals surface area (Å²) in [6.07, 6.45) is 1.94. The summed E-state index contributed by atoms with van der Waals surface area (Å²) in [6.45, 7) is 5.86. The molecule has 16 heavy (non-hydrogen) atoms. The number of rotatable bonds is 3. The number of Topliss-reactive ketones (excluding diaryl/α,β-unsaturated/α-hetero) is 1. The number of benzene rings is 1. The van der Waals surface area contributed by atoms with E-state index in [1.54, 1.807) is 18.7 Å². The van der Waals surface area contributed by atoms with E-state index in [1.807, 2.05) is 18.2 Å². The zero-order chi connectivity index (χ0) is 11.8. The predicted molar refractivity (Wildman–Crippen MR) is 66.2 cm³/mol. The number of thioether (sulfide) groups is 1. The van der Waals surface area contributed by atoms with Gasteiger partial charge < -0.3 is 4.74 Å². The van der Waals surface area contributed by atoms with Gasteiger partial charge in [0.05, 0.1) is 4.90 Å². The van der Waals surface area contributed by atoms with Crippen LogP contribution in [0.4, 0.5) is 0 Å². The molecule has 0 N–H and O–H groups in total. The van der Waals surface area contributed by atoms with Crippen molar-refractivity contribution in [2.24, 2.45) is 0 Å². The normalized spacial score (nSPS) is 16.7. The van der Waals surface area contributed by atoms with Gasteiger partial charge in [0.2, 0.25) is 0 Å². The summed E-state index contributed by atoms with van der Waals surface area (Å²) in [7, 11) is 0. The molecular formula is C13H16O2S. The Balaban J connectivity index is 2.34. The van der Waals surface area contributed by atoms with E-state index in [4.69, 9.17) is 4.74 Å². The van der Waals surface area contributed by atoms with Crippen molar-refractivity contribution in [3.8, 4) is 5.75 Å². The minimum absolute atomic E-state index is 0.105. The Hall–Kier alpha value is -0.960. The molecule has 0 radical (unpaired) electrons. The fourth-order valence-corrected chi connectivity index (χ4v) is 3.07. The first kappa shape index (κ1) is 11.5. The largest absolute Gasteiger partial charge is 0.475 e. The molecule has 1 heterocycles. The van der Waals surface area contributed by atoms with Crippen LogP contribution in [0, 0.1) is 0 Å². The zero-order valence-electron chi connectivity index (χ0n) is 9.87. The topological polar surface area (TPSA) is 26.3 Å². The highest BCUT2D eigenvalue weighted by atomic mass is 32.2. The monoisotopic (exact) mass is 236 g/mol. The lowest BCUT2D eigenvalue weighted by atomic mass is 10.1. The van der Waals surface area contributed by atoms with Crippen molar-refractivity contribution in [1.82, 2.24) is 0 Å². The first-order chi connectivity index (χ1) is 7.60. The van der Waals surface area contributed by atoms with Crippen molar-refractivity contribution in [2.45, 2.75) is 43.4 Å². The molecule has 0 saturated carbocycles. The first-order valence-electron chi connectivity index (χ1n) is 5.63. The Kier molecular flexibility index (Phi) is 2.98. The highest BCUT2D eigenvalue weighted by Crippen LogP contribution is 2.50. The summed E-state index contributed by atoms with van der Waals surface area (Å²) in [5.41, 5.74) is 0.762. The molecule has 0 unspecified atom stereocenters. The number of carbonyl (C=O) groups is 1. The molecule has 0 fully saturated rings. The van der Waals surface area contributed by atoms with Crippen LogP contribution in [0.3, 0.4) is 0 Å². The third-order valence-corrected chi connectivity index (χ3v) is 4.59. The summed E-state index contributed by atoms with van der Waals surface area (Å²) < 4.78 is 5.98. The summed E-state index contributed by atoms with van der Waals surface area (Å²) >= 11 is 1.74. The average Bonchev–Trinajstić information content (AvgIpc) is 2.67. The van der Waals surface area contributed by atoms with Crippen molar-refractivity contribution >= 4 is 17.5 Å². The molecule has 1 aromatic rings. The van der Waals surface area contributed by atoms with E-state index >= 15 is 0 Å². The quantitative estimate of drug-likeness (QED) is 0.745. The SMILES string of the molecule is CCC1(CC)Oc2ccc(C(C)=O)cc2S1. The van der Waals surface area contributed by atoms with Crippen LogP contribution in [-0.2, 0) is 0 Å². The molecule has 1 aliphatic heterocycles. The molecule has 0 aliphatic carbocycles. The Morgan fingerprint density at radius 2 is 2.06 bits per heavy atom. The van der Waals surface area contributed by atoms with Crippen molar-refractivity contribution < 1.29 is 9.53 Å². The number of ketones is 1. The molecule has 0 aromatic heterocycles. The molecular weight excluding hydrogens is 220 g/mol. The van der Waals surface area contributed by atoms with Gasteiger partial charge in [0.1, 0.15) is 5.75 Å². The zero-order valence-corrected chi connectivity index (χ0v) is 10.7. The van der Waals surface area contributed by atoms with Crippen LogP contribution in [0.5, 0.6) is 5.75 Å². The van der Waals surface area contributed by atoms with Crippen LogP contribution >= 0.6 is 11.8 Å². The Morgan fingerprint density at radius 1 is 1.38 bits per heavy atom. The smallest absolute Gasteiger partial charge is 0.159 e. The molecule has 0 bridgehead atoms. The lowest BCUT2D eigenvalue weighted by Gasteiger charge is -2.24. The summed E-state index contributed by atoms with van der Waals surface area (Å²) in [5.74, 6) is 1.02. The van der Waals surface area contributed by atoms with Crippen LogP contribution in [0.25, 0.3) is 0 Å². The Labute approximate surface area is 100 Å². The number of fused-ring (bicyclic) bond motifs is 1. The Morgan fingerprint density at radius 3 is 2.62 bits per heavy atom. The van der Waals surface area contributed by atoms with E-state index < -0.39 is 0 Å². The van der Waals surface area contributed by atoms with Crippen LogP contribution in [0.15, 0.2) is 23.1 Å². The van der Waals surface area contributed by atoms with Crippen LogP contribution in [0.1, 0.15) is 44.0 Å². The minimum atomic E-state index is -0.127. The second-order valence-electron chi connectivity index (χ2n) is 4.04. The van der Waals surface area contributed by atoms with Gasteiger partial charge in [0.15, 0.2) is 10.7 Å². The van der Waals surface area contributed by atoms with Crippen molar-refractivity contribution in [2.75, 3.05) is 0 Å². The van der Waals surface area contributed by atoms with E-state index in [-0.39, 0.29) is 10.7 Å². The second-order valence-corrected chi connectivity index (χ2v) is 5.43. The van der Waals surface area contributed by atoms with Gasteiger partial charge in [-0.3, -0.25) is 4.79 Å². The van der Waals surface area contributed by atoms with E-state index in [0.717, 1.165) is 29.1 Å². The van der Waals surface area contributed by atoms with Crippen molar-refractivity contribution in [1.29, 1.82) is 0 Å². The van der Waals surface area contributed by atoms with E-state index in [0.29, 0.717) is 0 Å². The molecule has 86 valence electrons. The maximum Gasteiger partial charge on any atom is 0.159 e. The Bertz CT molecular complexity index is 422. The third kappa shape index (κ3) is 1.84. The van der Waals surface area contributed by atoms with Gasteiger partial charge in [0, 0.05) is 5.56 Å². The minimum Gasteiger partial charge on any atom is -0.475 e. The summed E-state index contributed by atoms with van der Waals surface area (Å²) in [5, 5.41) is 0. The summed E-state index contributed by atoms with van der Waals surface area (Å²) in [4.78, 5) is 12.3. The predicted octanol–water partition coefficient (Wildman–Crippen LogP) is 3.89. The second kappa shape index (κ2) is 4.13. The maximum atomic E-state index is 11.3. The third-order valence-electron chi connectivity index (χ3n) is 3.02. The van der Waals surface area contributed by atoms with E-state index in [9.17, 15) is 4.79 Å². The highest BCUT2D eigenvalue weighted by Gasteiger charge is 2.37. The van der Waals surface area contributed by atoms with Crippen LogP contribution < -0.4 is 4.74 Å². The van der Waals surface area contributed by atoms with Gasteiger partial charge in [-0.1, -0.05) is 25.6 Å². The van der Waals surface area contributed by atoms with Crippen LogP contribution in [0.2, 0.25) is 0 Å². The average molecular weight is 236 g/mol. The van der Waals surface area contributed by atoms with Crippen LogP contribution in [-0.4, -0.2) is 10.7 Å². The number of ether oxygens (including phenoxy) is 1. The fourth-order valence-electron chi connectivity index (χ4n) is 1.85. The van der Waals surface area contributed by atoms with Gasteiger partial charge in [-0.15, -0.1) is 0 Å². The number of hydrogen-bond donors (Lipinski definition) is 0. The molecule has 2 rings (SSSR count). The highest BCUT2D eigenvalue weighted by molar-refractivity contribution is 8.00. The van der Waals surface area contributed by atoms with Gasteiger partial charge in [-0.2, -0.15) is 0 Å².